The van der Waals surface area contributed by atoms with Gasteiger partial charge in [-0.2, -0.15) is 13.2 Å². The standard InChI is InChI=1S/C22H21F6N3O4/c1-9-14(11-4-5-12(18(24)25)15(23)16(11)34-3)17(35-21(9,2)22(26,27)28)20(33)31-10-6-7-30-13(8-10)19(29)32/h4-9,14,17-18H,1-3H3,(H2,29,32)(H,30,31,33)/t9-,14-,17-,21-/m1/s1. The number of amides is 2. The quantitative estimate of drug-likeness (QED) is 0.569. The highest BCUT2D eigenvalue weighted by molar-refractivity contribution is 5.97. The summed E-state index contributed by atoms with van der Waals surface area (Å²) in [6, 6.07) is 4.09. The van der Waals surface area contributed by atoms with E-state index in [9.17, 15) is 35.9 Å². The molecule has 0 unspecified atom stereocenters. The third-order valence-corrected chi connectivity index (χ3v) is 6.16. The largest absolute Gasteiger partial charge is 0.493 e. The van der Waals surface area contributed by atoms with Crippen LogP contribution >= 0.6 is 0 Å². The summed E-state index contributed by atoms with van der Waals surface area (Å²) in [6.07, 6.45) is -8.84. The van der Waals surface area contributed by atoms with Crippen molar-refractivity contribution >= 4 is 17.5 Å². The summed E-state index contributed by atoms with van der Waals surface area (Å²) in [7, 11) is 0.970. The molecule has 2 aromatic rings. The average Bonchev–Trinajstić information content (AvgIpc) is 3.05. The highest BCUT2D eigenvalue weighted by Gasteiger charge is 2.65. The van der Waals surface area contributed by atoms with Crippen LogP contribution in [-0.2, 0) is 9.53 Å². The summed E-state index contributed by atoms with van der Waals surface area (Å²) in [5, 5.41) is 2.34. The van der Waals surface area contributed by atoms with Gasteiger partial charge in [-0.05, 0) is 25.1 Å². The van der Waals surface area contributed by atoms with E-state index in [4.69, 9.17) is 15.2 Å². The molecule has 1 aliphatic heterocycles. The van der Waals surface area contributed by atoms with Gasteiger partial charge in [0.15, 0.2) is 17.2 Å². The van der Waals surface area contributed by atoms with Crippen molar-refractivity contribution in [2.75, 3.05) is 12.4 Å². The highest BCUT2D eigenvalue weighted by Crippen LogP contribution is 2.55. The molecule has 1 aromatic carbocycles. The van der Waals surface area contributed by atoms with Crippen molar-refractivity contribution < 1.29 is 45.4 Å². The lowest BCUT2D eigenvalue weighted by Crippen LogP contribution is -2.47. The highest BCUT2D eigenvalue weighted by atomic mass is 19.4. The van der Waals surface area contributed by atoms with Crippen molar-refractivity contribution in [3.63, 3.8) is 0 Å². The van der Waals surface area contributed by atoms with E-state index < -0.39 is 65.1 Å². The zero-order valence-corrected chi connectivity index (χ0v) is 18.6. The zero-order chi connectivity index (χ0) is 26.3. The molecule has 190 valence electrons. The number of hydrogen-bond donors (Lipinski definition) is 2. The minimum Gasteiger partial charge on any atom is -0.493 e. The summed E-state index contributed by atoms with van der Waals surface area (Å²) in [5.74, 6) is -7.05. The zero-order valence-electron chi connectivity index (χ0n) is 18.6. The Morgan fingerprint density at radius 2 is 1.91 bits per heavy atom. The van der Waals surface area contributed by atoms with Crippen molar-refractivity contribution in [2.45, 2.75) is 44.1 Å². The van der Waals surface area contributed by atoms with Crippen LogP contribution in [-0.4, -0.2) is 41.8 Å². The van der Waals surface area contributed by atoms with Crippen LogP contribution in [0.25, 0.3) is 0 Å². The van der Waals surface area contributed by atoms with Crippen LogP contribution in [0.2, 0.25) is 0 Å². The summed E-state index contributed by atoms with van der Waals surface area (Å²) in [6.45, 7) is 1.90. The third kappa shape index (κ3) is 4.64. The summed E-state index contributed by atoms with van der Waals surface area (Å²) >= 11 is 0. The number of hydrogen-bond acceptors (Lipinski definition) is 5. The van der Waals surface area contributed by atoms with Crippen molar-refractivity contribution in [3.05, 3.63) is 53.1 Å². The average molecular weight is 505 g/mol. The smallest absolute Gasteiger partial charge is 0.417 e. The Hall–Kier alpha value is -3.35. The third-order valence-electron chi connectivity index (χ3n) is 6.16. The number of methoxy groups -OCH3 is 1. The van der Waals surface area contributed by atoms with E-state index in [2.05, 4.69) is 10.3 Å². The Kier molecular flexibility index (Phi) is 7.02. The molecule has 0 spiro atoms. The Morgan fingerprint density at radius 3 is 2.46 bits per heavy atom. The first kappa shape index (κ1) is 26.3. The minimum absolute atomic E-state index is 0.0133. The molecule has 1 aliphatic rings. The van der Waals surface area contributed by atoms with Gasteiger partial charge in [-0.3, -0.25) is 14.6 Å². The predicted molar refractivity (Wildman–Crippen MR) is 111 cm³/mol. The Bertz CT molecular complexity index is 1140. The van der Waals surface area contributed by atoms with E-state index in [1.807, 2.05) is 0 Å². The van der Waals surface area contributed by atoms with Gasteiger partial charge in [-0.15, -0.1) is 0 Å². The molecule has 0 radical (unpaired) electrons. The Morgan fingerprint density at radius 1 is 1.26 bits per heavy atom. The van der Waals surface area contributed by atoms with Crippen LogP contribution in [0, 0.1) is 11.7 Å². The maximum atomic E-state index is 14.8. The van der Waals surface area contributed by atoms with Crippen LogP contribution in [0.15, 0.2) is 30.5 Å². The van der Waals surface area contributed by atoms with Gasteiger partial charge >= 0.3 is 6.18 Å². The molecule has 0 saturated carbocycles. The molecule has 1 fully saturated rings. The molecule has 1 aromatic heterocycles. The molecule has 7 nitrogen and oxygen atoms in total. The Labute approximate surface area is 195 Å². The fourth-order valence-corrected chi connectivity index (χ4v) is 4.10. The topological polar surface area (TPSA) is 104 Å². The fraction of sp³-hybridized carbons (Fsp3) is 0.409. The predicted octanol–water partition coefficient (Wildman–Crippen LogP) is 4.34. The molecule has 4 atom stereocenters. The second-order valence-electron chi connectivity index (χ2n) is 8.13. The van der Waals surface area contributed by atoms with Gasteiger partial charge in [-0.1, -0.05) is 13.0 Å². The number of pyridine rings is 1. The fourth-order valence-electron chi connectivity index (χ4n) is 4.10. The van der Waals surface area contributed by atoms with Gasteiger partial charge in [0.25, 0.3) is 18.2 Å². The van der Waals surface area contributed by atoms with Crippen LogP contribution in [0.5, 0.6) is 5.75 Å². The van der Waals surface area contributed by atoms with Crippen LogP contribution in [0.3, 0.4) is 0 Å². The number of carbonyl (C=O) groups excluding carboxylic acids is 2. The number of ether oxygens (including phenoxy) is 2. The first-order valence-electron chi connectivity index (χ1n) is 10.2. The van der Waals surface area contributed by atoms with E-state index in [-0.39, 0.29) is 16.9 Å². The maximum Gasteiger partial charge on any atom is 0.417 e. The molecular weight excluding hydrogens is 484 g/mol. The van der Waals surface area contributed by atoms with E-state index in [0.29, 0.717) is 0 Å². The SMILES string of the molecule is COc1c([C@H]2[C@@H](C)[C@](C)(C(F)(F)F)O[C@H]2C(=O)Nc2ccnc(C(N)=O)c2)ccc(C(F)F)c1F. The number of anilines is 1. The Balaban J connectivity index is 2.10. The van der Waals surface area contributed by atoms with E-state index >= 15 is 0 Å². The number of carbonyl (C=O) groups is 2. The van der Waals surface area contributed by atoms with Crippen molar-refractivity contribution in [1.29, 1.82) is 0 Å². The van der Waals surface area contributed by atoms with Crippen molar-refractivity contribution in [3.8, 4) is 5.75 Å². The molecule has 0 aliphatic carbocycles. The van der Waals surface area contributed by atoms with Crippen molar-refractivity contribution in [1.82, 2.24) is 4.98 Å². The molecule has 13 heteroatoms. The molecule has 2 heterocycles. The second kappa shape index (κ2) is 9.36. The van der Waals surface area contributed by atoms with Crippen molar-refractivity contribution in [2.24, 2.45) is 11.7 Å². The van der Waals surface area contributed by atoms with Crippen LogP contribution in [0.1, 0.15) is 47.8 Å². The lowest BCUT2D eigenvalue weighted by Gasteiger charge is -2.32. The number of rotatable bonds is 6. The summed E-state index contributed by atoms with van der Waals surface area (Å²) < 4.78 is 93.3. The number of nitrogens with two attached hydrogens (primary N) is 1. The molecule has 2 amide bonds. The van der Waals surface area contributed by atoms with Gasteiger partial charge in [0, 0.05) is 29.3 Å². The number of benzene rings is 1. The summed E-state index contributed by atoms with van der Waals surface area (Å²) in [5.41, 5.74) is 0.816. The van der Waals surface area contributed by atoms with Gasteiger partial charge < -0.3 is 20.5 Å². The minimum atomic E-state index is -4.94. The number of aromatic nitrogens is 1. The molecule has 35 heavy (non-hydrogen) atoms. The normalized spacial score (nSPS) is 24.5. The van der Waals surface area contributed by atoms with Gasteiger partial charge in [0.2, 0.25) is 0 Å². The lowest BCUT2D eigenvalue weighted by atomic mass is 9.76. The molecule has 0 bridgehead atoms. The molecule has 1 saturated heterocycles. The lowest BCUT2D eigenvalue weighted by molar-refractivity contribution is -0.272. The van der Waals surface area contributed by atoms with E-state index in [1.54, 1.807) is 0 Å². The summed E-state index contributed by atoms with van der Waals surface area (Å²) in [4.78, 5) is 28.2. The van der Waals surface area contributed by atoms with E-state index in [1.165, 1.54) is 6.07 Å². The van der Waals surface area contributed by atoms with Crippen LogP contribution in [0.4, 0.5) is 32.0 Å². The van der Waals surface area contributed by atoms with Gasteiger partial charge in [0.1, 0.15) is 11.8 Å². The first-order valence-corrected chi connectivity index (χ1v) is 10.2. The van der Waals surface area contributed by atoms with Gasteiger partial charge in [-0.25, -0.2) is 13.2 Å². The second-order valence-corrected chi connectivity index (χ2v) is 8.13. The van der Waals surface area contributed by atoms with E-state index in [0.717, 1.165) is 45.4 Å². The molecule has 3 N–H and O–H groups in total. The monoisotopic (exact) mass is 505 g/mol. The number of halogens is 6. The van der Waals surface area contributed by atoms with Gasteiger partial charge in [0.05, 0.1) is 12.7 Å². The number of primary amides is 1. The first-order chi connectivity index (χ1) is 16.2. The number of nitrogens with one attached hydrogen (secondary N) is 1. The number of nitrogens with zero attached hydrogens (tertiary/aromatic N) is 1. The molecule has 3 rings (SSSR count). The maximum absolute atomic E-state index is 14.8. The van der Waals surface area contributed by atoms with Crippen LogP contribution < -0.4 is 15.8 Å². The molecular formula is C22H21F6N3O4. The number of alkyl halides is 5.